The number of hydrogen-bond donors (Lipinski definition) is 1. The van der Waals surface area contributed by atoms with Crippen LogP contribution in [0, 0.1) is 12.7 Å². The highest BCUT2D eigenvalue weighted by Gasteiger charge is 2.08. The number of aromatic amines is 1. The molecule has 78 valence electrons. The Morgan fingerprint density at radius 3 is 2.80 bits per heavy atom. The van der Waals surface area contributed by atoms with Gasteiger partial charge in [-0.15, -0.1) is 0 Å². The van der Waals surface area contributed by atoms with Gasteiger partial charge in [0.25, 0.3) is 0 Å². The van der Waals surface area contributed by atoms with E-state index in [0.717, 1.165) is 5.82 Å². The number of methoxy groups -OCH3 is 1. The number of nitrogens with zero attached hydrogens (tertiary/aromatic N) is 1. The summed E-state index contributed by atoms with van der Waals surface area (Å²) in [4.78, 5) is 7.00. The molecule has 0 aliphatic carbocycles. The van der Waals surface area contributed by atoms with Gasteiger partial charge in [-0.05, 0) is 25.1 Å². The summed E-state index contributed by atoms with van der Waals surface area (Å²) in [7, 11) is 1.55. The first-order valence-corrected chi connectivity index (χ1v) is 4.56. The van der Waals surface area contributed by atoms with Crippen LogP contribution in [-0.4, -0.2) is 17.1 Å². The van der Waals surface area contributed by atoms with E-state index >= 15 is 0 Å². The minimum atomic E-state index is -0.292. The summed E-state index contributed by atoms with van der Waals surface area (Å²) >= 11 is 0. The van der Waals surface area contributed by atoms with Crippen molar-refractivity contribution in [3.63, 3.8) is 0 Å². The molecule has 0 fully saturated rings. The second-order valence-corrected chi connectivity index (χ2v) is 3.23. The van der Waals surface area contributed by atoms with E-state index in [1.807, 2.05) is 6.92 Å². The Bertz CT molecular complexity index is 479. The number of benzene rings is 1. The number of rotatable bonds is 2. The van der Waals surface area contributed by atoms with Gasteiger partial charge in [0.1, 0.15) is 17.4 Å². The minimum absolute atomic E-state index is 0.292. The molecule has 2 aromatic rings. The SMILES string of the molecule is COc1ccc(F)c(-c2cnc(C)[nH]2)c1. The third kappa shape index (κ3) is 1.83. The fourth-order valence-electron chi connectivity index (χ4n) is 1.40. The first-order chi connectivity index (χ1) is 7.20. The standard InChI is InChI=1S/C11H11FN2O/c1-7-13-6-11(14-7)9-5-8(15-2)3-4-10(9)12/h3-6H,1-2H3,(H,13,14). The summed E-state index contributed by atoms with van der Waals surface area (Å²) in [5, 5.41) is 0. The summed E-state index contributed by atoms with van der Waals surface area (Å²) in [5.41, 5.74) is 1.12. The molecule has 1 N–H and O–H groups in total. The maximum atomic E-state index is 13.5. The van der Waals surface area contributed by atoms with E-state index in [9.17, 15) is 4.39 Å². The van der Waals surface area contributed by atoms with Gasteiger partial charge in [0.2, 0.25) is 0 Å². The molecule has 1 aromatic heterocycles. The molecule has 0 amide bonds. The van der Waals surface area contributed by atoms with E-state index < -0.39 is 0 Å². The number of nitrogens with one attached hydrogen (secondary N) is 1. The lowest BCUT2D eigenvalue weighted by Gasteiger charge is -2.03. The lowest BCUT2D eigenvalue weighted by atomic mass is 10.1. The monoisotopic (exact) mass is 206 g/mol. The lowest BCUT2D eigenvalue weighted by molar-refractivity contribution is 0.414. The molecule has 0 spiro atoms. The van der Waals surface area contributed by atoms with Crippen molar-refractivity contribution in [3.8, 4) is 17.0 Å². The van der Waals surface area contributed by atoms with E-state index in [2.05, 4.69) is 9.97 Å². The van der Waals surface area contributed by atoms with Crippen LogP contribution in [0.1, 0.15) is 5.82 Å². The molecule has 0 unspecified atom stereocenters. The highest BCUT2D eigenvalue weighted by atomic mass is 19.1. The van der Waals surface area contributed by atoms with Crippen LogP contribution in [-0.2, 0) is 0 Å². The summed E-state index contributed by atoms with van der Waals surface area (Å²) in [6.45, 7) is 1.82. The molecule has 1 heterocycles. The number of ether oxygens (including phenoxy) is 1. The first-order valence-electron chi connectivity index (χ1n) is 4.56. The molecule has 0 saturated carbocycles. The molecule has 0 aliphatic rings. The highest BCUT2D eigenvalue weighted by Crippen LogP contribution is 2.25. The topological polar surface area (TPSA) is 37.9 Å². The van der Waals surface area contributed by atoms with Crippen LogP contribution in [0.5, 0.6) is 5.75 Å². The zero-order chi connectivity index (χ0) is 10.8. The van der Waals surface area contributed by atoms with Gasteiger partial charge in [0, 0.05) is 5.56 Å². The summed E-state index contributed by atoms with van der Waals surface area (Å²) in [6.07, 6.45) is 1.60. The van der Waals surface area contributed by atoms with E-state index in [-0.39, 0.29) is 5.82 Å². The molecule has 0 atom stereocenters. The van der Waals surface area contributed by atoms with Crippen molar-refractivity contribution in [3.05, 3.63) is 36.0 Å². The van der Waals surface area contributed by atoms with Crippen LogP contribution in [0.3, 0.4) is 0 Å². The smallest absolute Gasteiger partial charge is 0.132 e. The maximum Gasteiger partial charge on any atom is 0.132 e. The number of hydrogen-bond acceptors (Lipinski definition) is 2. The first kappa shape index (κ1) is 9.71. The largest absolute Gasteiger partial charge is 0.497 e. The molecule has 4 heteroatoms. The molecular formula is C11H11FN2O. The molecule has 0 aliphatic heterocycles. The molecular weight excluding hydrogens is 195 g/mol. The average molecular weight is 206 g/mol. The van der Waals surface area contributed by atoms with Crippen LogP contribution >= 0.6 is 0 Å². The van der Waals surface area contributed by atoms with Gasteiger partial charge in [0.15, 0.2) is 0 Å². The van der Waals surface area contributed by atoms with E-state index in [1.54, 1.807) is 25.4 Å². The summed E-state index contributed by atoms with van der Waals surface area (Å²) in [6, 6.07) is 4.61. The van der Waals surface area contributed by atoms with Gasteiger partial charge in [0.05, 0.1) is 19.0 Å². The van der Waals surface area contributed by atoms with Gasteiger partial charge in [-0.2, -0.15) is 0 Å². The molecule has 0 saturated heterocycles. The predicted octanol–water partition coefficient (Wildman–Crippen LogP) is 2.53. The van der Waals surface area contributed by atoms with Gasteiger partial charge >= 0.3 is 0 Å². The fourth-order valence-corrected chi connectivity index (χ4v) is 1.40. The third-order valence-electron chi connectivity index (χ3n) is 2.17. The molecule has 1 aromatic carbocycles. The van der Waals surface area contributed by atoms with Crippen molar-refractivity contribution < 1.29 is 9.13 Å². The van der Waals surface area contributed by atoms with Crippen molar-refractivity contribution in [1.82, 2.24) is 9.97 Å². The molecule has 3 nitrogen and oxygen atoms in total. The second kappa shape index (κ2) is 3.73. The normalized spacial score (nSPS) is 10.3. The van der Waals surface area contributed by atoms with Gasteiger partial charge in [-0.1, -0.05) is 0 Å². The van der Waals surface area contributed by atoms with Gasteiger partial charge < -0.3 is 9.72 Å². The Morgan fingerprint density at radius 1 is 1.40 bits per heavy atom. The number of aryl methyl sites for hydroxylation is 1. The predicted molar refractivity (Wildman–Crippen MR) is 55.3 cm³/mol. The third-order valence-corrected chi connectivity index (χ3v) is 2.17. The van der Waals surface area contributed by atoms with Crippen molar-refractivity contribution in [1.29, 1.82) is 0 Å². The Balaban J connectivity index is 2.51. The molecule has 0 radical (unpaired) electrons. The number of H-pyrrole nitrogens is 1. The van der Waals surface area contributed by atoms with Crippen molar-refractivity contribution >= 4 is 0 Å². The Kier molecular flexibility index (Phi) is 2.41. The lowest BCUT2D eigenvalue weighted by Crippen LogP contribution is -1.88. The zero-order valence-corrected chi connectivity index (χ0v) is 8.54. The van der Waals surface area contributed by atoms with Crippen LogP contribution in [0.25, 0.3) is 11.3 Å². The molecule has 15 heavy (non-hydrogen) atoms. The van der Waals surface area contributed by atoms with Crippen molar-refractivity contribution in [2.24, 2.45) is 0 Å². The Hall–Kier alpha value is -1.84. The zero-order valence-electron chi connectivity index (χ0n) is 8.54. The maximum absolute atomic E-state index is 13.5. The highest BCUT2D eigenvalue weighted by molar-refractivity contribution is 5.61. The van der Waals surface area contributed by atoms with Crippen LogP contribution in [0.2, 0.25) is 0 Å². The van der Waals surface area contributed by atoms with Gasteiger partial charge in [-0.3, -0.25) is 0 Å². The van der Waals surface area contributed by atoms with Gasteiger partial charge in [-0.25, -0.2) is 9.37 Å². The number of aromatic nitrogens is 2. The quantitative estimate of drug-likeness (QED) is 0.819. The Morgan fingerprint density at radius 2 is 2.20 bits per heavy atom. The van der Waals surface area contributed by atoms with Crippen LogP contribution in [0.15, 0.2) is 24.4 Å². The second-order valence-electron chi connectivity index (χ2n) is 3.23. The Labute approximate surface area is 86.9 Å². The molecule has 0 bridgehead atoms. The fraction of sp³-hybridized carbons (Fsp3) is 0.182. The molecule has 2 rings (SSSR count). The summed E-state index contributed by atoms with van der Waals surface area (Å²) in [5.74, 6) is 1.09. The summed E-state index contributed by atoms with van der Waals surface area (Å²) < 4.78 is 18.5. The van der Waals surface area contributed by atoms with E-state index in [0.29, 0.717) is 17.0 Å². The van der Waals surface area contributed by atoms with Crippen molar-refractivity contribution in [2.45, 2.75) is 6.92 Å². The van der Waals surface area contributed by atoms with E-state index in [1.165, 1.54) is 6.07 Å². The minimum Gasteiger partial charge on any atom is -0.497 e. The van der Waals surface area contributed by atoms with Crippen LogP contribution in [0.4, 0.5) is 4.39 Å². The average Bonchev–Trinajstić information content (AvgIpc) is 2.65. The number of imidazole rings is 1. The van der Waals surface area contributed by atoms with Crippen molar-refractivity contribution in [2.75, 3.05) is 7.11 Å². The van der Waals surface area contributed by atoms with Crippen LogP contribution < -0.4 is 4.74 Å². The number of halogens is 1. The van der Waals surface area contributed by atoms with E-state index in [4.69, 9.17) is 4.74 Å².